The zero-order valence-corrected chi connectivity index (χ0v) is 11.4. The van der Waals surface area contributed by atoms with Crippen molar-refractivity contribution in [3.63, 3.8) is 0 Å². The summed E-state index contributed by atoms with van der Waals surface area (Å²) < 4.78 is 1.28. The van der Waals surface area contributed by atoms with Gasteiger partial charge in [0.05, 0.1) is 17.7 Å². The lowest BCUT2D eigenvalue weighted by molar-refractivity contribution is -0.394. The van der Waals surface area contributed by atoms with Gasteiger partial charge in [0.15, 0.2) is 0 Å². The van der Waals surface area contributed by atoms with Crippen LogP contribution in [0.3, 0.4) is 0 Å². The van der Waals surface area contributed by atoms with Crippen LogP contribution in [0, 0.1) is 20.2 Å². The Hall–Kier alpha value is -3.37. The molecule has 0 aliphatic carbocycles. The van der Waals surface area contributed by atoms with Gasteiger partial charge in [-0.1, -0.05) is 12.1 Å². The highest BCUT2D eigenvalue weighted by molar-refractivity contribution is 5.81. The van der Waals surface area contributed by atoms with Gasteiger partial charge in [-0.25, -0.2) is 5.43 Å². The molecule has 0 saturated carbocycles. The molecule has 0 fully saturated rings. The van der Waals surface area contributed by atoms with Gasteiger partial charge in [0.25, 0.3) is 5.69 Å². The van der Waals surface area contributed by atoms with Gasteiger partial charge < -0.3 is 10.1 Å². The van der Waals surface area contributed by atoms with Crippen LogP contribution in [0.5, 0.6) is 0 Å². The van der Waals surface area contributed by atoms with Crippen LogP contribution in [-0.2, 0) is 6.54 Å². The average Bonchev–Trinajstić information content (AvgIpc) is 2.91. The number of nitrogens with one attached hydrogen (secondary N) is 1. The molecule has 1 aromatic carbocycles. The van der Waals surface area contributed by atoms with Crippen molar-refractivity contribution in [3.8, 4) is 0 Å². The first-order valence-electron chi connectivity index (χ1n) is 6.14. The summed E-state index contributed by atoms with van der Waals surface area (Å²) in [6, 6.07) is 5.87. The number of non-ortho nitro benzene ring substituents is 1. The summed E-state index contributed by atoms with van der Waals surface area (Å²) in [4.78, 5) is 23.7. The molecule has 1 heterocycles. The summed E-state index contributed by atoms with van der Waals surface area (Å²) in [6.45, 7) is 2.11. The maximum Gasteiger partial charge on any atom is 0.493 e. The van der Waals surface area contributed by atoms with Crippen LogP contribution in [-0.4, -0.2) is 30.8 Å². The highest BCUT2D eigenvalue weighted by atomic mass is 16.6. The number of nitrogens with zero attached hydrogens (tertiary/aromatic N) is 6. The van der Waals surface area contributed by atoms with E-state index in [1.165, 1.54) is 29.1 Å². The fourth-order valence-corrected chi connectivity index (χ4v) is 1.59. The van der Waals surface area contributed by atoms with Crippen molar-refractivity contribution >= 4 is 23.8 Å². The fraction of sp³-hybridized carbons (Fsp3) is 0.182. The third-order valence-corrected chi connectivity index (χ3v) is 2.58. The zero-order valence-electron chi connectivity index (χ0n) is 11.4. The van der Waals surface area contributed by atoms with E-state index < -0.39 is 15.8 Å². The predicted molar refractivity (Wildman–Crippen MR) is 76.7 cm³/mol. The molecule has 2 aromatic rings. The highest BCUT2D eigenvalue weighted by Crippen LogP contribution is 2.13. The van der Waals surface area contributed by atoms with Gasteiger partial charge in [-0.2, -0.15) is 9.78 Å². The van der Waals surface area contributed by atoms with E-state index >= 15 is 0 Å². The Morgan fingerprint density at radius 3 is 2.77 bits per heavy atom. The maximum atomic E-state index is 10.7. The van der Waals surface area contributed by atoms with Crippen LogP contribution in [0.25, 0.3) is 0 Å². The molecule has 0 radical (unpaired) electrons. The molecule has 0 aliphatic heterocycles. The Balaban J connectivity index is 2.14. The fourth-order valence-electron chi connectivity index (χ4n) is 1.59. The van der Waals surface area contributed by atoms with Crippen molar-refractivity contribution in [1.82, 2.24) is 14.8 Å². The Kier molecular flexibility index (Phi) is 4.36. The van der Waals surface area contributed by atoms with Crippen LogP contribution < -0.4 is 5.43 Å². The first-order chi connectivity index (χ1) is 10.5. The van der Waals surface area contributed by atoms with Gasteiger partial charge in [0.2, 0.25) is 0 Å². The molecule has 11 heteroatoms. The number of aryl methyl sites for hydroxylation is 1. The third-order valence-electron chi connectivity index (χ3n) is 2.58. The van der Waals surface area contributed by atoms with Crippen molar-refractivity contribution < 1.29 is 9.85 Å². The summed E-state index contributed by atoms with van der Waals surface area (Å²) in [5.74, 6) is -0.425. The highest BCUT2D eigenvalue weighted by Gasteiger charge is 2.19. The number of nitro benzene ring substituents is 1. The Morgan fingerprint density at radius 2 is 2.14 bits per heavy atom. The van der Waals surface area contributed by atoms with Gasteiger partial charge in [0, 0.05) is 22.8 Å². The Morgan fingerprint density at radius 1 is 1.36 bits per heavy atom. The second-order valence-corrected chi connectivity index (χ2v) is 4.03. The first kappa shape index (κ1) is 15.0. The molecule has 0 spiro atoms. The van der Waals surface area contributed by atoms with Crippen molar-refractivity contribution in [1.29, 1.82) is 0 Å². The predicted octanol–water partition coefficient (Wildman–Crippen LogP) is 1.56. The molecule has 0 bridgehead atoms. The molecule has 1 N–H and O–H groups in total. The van der Waals surface area contributed by atoms with E-state index in [9.17, 15) is 20.2 Å². The molecule has 0 amide bonds. The molecule has 0 unspecified atom stereocenters. The summed E-state index contributed by atoms with van der Waals surface area (Å²) in [7, 11) is 0. The second kappa shape index (κ2) is 6.39. The lowest BCUT2D eigenvalue weighted by Crippen LogP contribution is -2.03. The normalized spacial score (nSPS) is 10.8. The van der Waals surface area contributed by atoms with Crippen LogP contribution in [0.4, 0.5) is 17.6 Å². The molecule has 0 atom stereocenters. The first-order valence-corrected chi connectivity index (χ1v) is 6.14. The molecule has 114 valence electrons. The van der Waals surface area contributed by atoms with Crippen molar-refractivity contribution in [2.75, 3.05) is 5.43 Å². The molecule has 22 heavy (non-hydrogen) atoms. The van der Waals surface area contributed by atoms with E-state index in [2.05, 4.69) is 20.6 Å². The number of benzene rings is 1. The van der Waals surface area contributed by atoms with Crippen LogP contribution >= 0.6 is 0 Å². The van der Waals surface area contributed by atoms with Gasteiger partial charge in [-0.15, -0.1) is 0 Å². The molecule has 1 aromatic heterocycles. The molecule has 2 rings (SSSR count). The Labute approximate surface area is 123 Å². The summed E-state index contributed by atoms with van der Waals surface area (Å²) >= 11 is 0. The molecule has 0 saturated heterocycles. The summed E-state index contributed by atoms with van der Waals surface area (Å²) in [6.07, 6.45) is 1.34. The third kappa shape index (κ3) is 3.39. The smallest absolute Gasteiger partial charge is 0.390 e. The van der Waals surface area contributed by atoms with E-state index in [4.69, 9.17) is 0 Å². The minimum Gasteiger partial charge on any atom is -0.390 e. The summed E-state index contributed by atoms with van der Waals surface area (Å²) in [5, 5.41) is 28.8. The number of rotatable bonds is 6. The van der Waals surface area contributed by atoms with E-state index in [1.54, 1.807) is 13.0 Å². The van der Waals surface area contributed by atoms with Gasteiger partial charge in [0.1, 0.15) is 0 Å². The van der Waals surface area contributed by atoms with Crippen molar-refractivity contribution in [2.24, 2.45) is 5.10 Å². The van der Waals surface area contributed by atoms with E-state index in [0.717, 1.165) is 0 Å². The molecule has 11 nitrogen and oxygen atoms in total. The minimum absolute atomic E-state index is 0.0590. The van der Waals surface area contributed by atoms with E-state index in [0.29, 0.717) is 12.1 Å². The molecular weight excluding hydrogens is 294 g/mol. The molecule has 0 aliphatic rings. The maximum absolute atomic E-state index is 10.7. The monoisotopic (exact) mass is 305 g/mol. The van der Waals surface area contributed by atoms with Crippen LogP contribution in [0.15, 0.2) is 29.4 Å². The SMILES string of the molecule is CCn1nc([N+](=O)[O-])nc1N/N=C/c1cccc([N+](=O)[O-])c1. The lowest BCUT2D eigenvalue weighted by atomic mass is 10.2. The summed E-state index contributed by atoms with van der Waals surface area (Å²) in [5.41, 5.74) is 2.96. The topological polar surface area (TPSA) is 141 Å². The Bertz CT molecular complexity index is 740. The van der Waals surface area contributed by atoms with Crippen molar-refractivity contribution in [3.05, 3.63) is 50.1 Å². The van der Waals surface area contributed by atoms with E-state index in [-0.39, 0.29) is 11.6 Å². The number of hydrogen-bond donors (Lipinski definition) is 1. The number of aromatic nitrogens is 3. The number of hydrogen-bond acceptors (Lipinski definition) is 8. The van der Waals surface area contributed by atoms with Gasteiger partial charge >= 0.3 is 11.9 Å². The van der Waals surface area contributed by atoms with Gasteiger partial charge in [-0.05, 0) is 16.8 Å². The van der Waals surface area contributed by atoms with E-state index in [1.807, 2.05) is 0 Å². The standard InChI is InChI=1S/C11H11N7O4/c1-2-16-10(13-11(15-16)18(21)22)14-12-7-8-4-3-5-9(6-8)17(19)20/h3-7H,2H2,1H3,(H,13,14,15)/b12-7+. The average molecular weight is 305 g/mol. The quantitative estimate of drug-likeness (QED) is 0.484. The van der Waals surface area contributed by atoms with Crippen LogP contribution in [0.2, 0.25) is 0 Å². The van der Waals surface area contributed by atoms with Crippen LogP contribution in [0.1, 0.15) is 12.5 Å². The number of anilines is 1. The second-order valence-electron chi connectivity index (χ2n) is 4.03. The lowest BCUT2D eigenvalue weighted by Gasteiger charge is -1.96. The minimum atomic E-state index is -0.707. The number of nitro groups is 2. The zero-order chi connectivity index (χ0) is 16.1. The van der Waals surface area contributed by atoms with Crippen molar-refractivity contribution in [2.45, 2.75) is 13.5 Å². The molecular formula is C11H11N7O4. The van der Waals surface area contributed by atoms with Gasteiger partial charge in [-0.3, -0.25) is 10.1 Å². The largest absolute Gasteiger partial charge is 0.493 e. The number of hydrazone groups is 1.